The van der Waals surface area contributed by atoms with Crippen molar-refractivity contribution < 1.29 is 4.79 Å². The number of hydrogen-bond acceptors (Lipinski definition) is 5. The Hall–Kier alpha value is -2.48. The zero-order valence-corrected chi connectivity index (χ0v) is 12.6. The largest absolute Gasteiger partial charge is 0.352 e. The van der Waals surface area contributed by atoms with Gasteiger partial charge in [-0.15, -0.1) is 0 Å². The Balaban J connectivity index is 1.97. The predicted octanol–water partition coefficient (Wildman–Crippen LogP) is 0.384. The highest BCUT2D eigenvalue weighted by molar-refractivity contribution is 5.72. The Labute approximate surface area is 128 Å². The molecule has 2 amide bonds. The van der Waals surface area contributed by atoms with Crippen LogP contribution in [0.2, 0.25) is 0 Å². The van der Waals surface area contributed by atoms with Crippen LogP contribution in [0.1, 0.15) is 23.9 Å². The molecular weight excluding hydrogens is 282 g/mol. The lowest BCUT2D eigenvalue weighted by Crippen LogP contribution is -2.42. The summed E-state index contributed by atoms with van der Waals surface area (Å²) < 4.78 is 1.77. The number of imidazole rings is 1. The lowest BCUT2D eigenvalue weighted by molar-refractivity contribution is 0.236. The number of likely N-dealkylation sites (tertiary alicyclic amines) is 1. The van der Waals surface area contributed by atoms with E-state index < -0.39 is 6.03 Å². The molecule has 2 aromatic rings. The minimum absolute atomic E-state index is 0.0172. The molecule has 2 unspecified atom stereocenters. The van der Waals surface area contributed by atoms with E-state index in [4.69, 9.17) is 5.73 Å². The summed E-state index contributed by atoms with van der Waals surface area (Å²) >= 11 is 0. The highest BCUT2D eigenvalue weighted by Crippen LogP contribution is 2.30. The summed E-state index contributed by atoms with van der Waals surface area (Å²) in [6, 6.07) is 1.37. The van der Waals surface area contributed by atoms with E-state index in [0.29, 0.717) is 5.95 Å². The molecule has 8 nitrogen and oxygen atoms in total. The Morgan fingerprint density at radius 1 is 1.45 bits per heavy atom. The Morgan fingerprint density at radius 3 is 2.95 bits per heavy atom. The number of amides is 2. The van der Waals surface area contributed by atoms with Crippen molar-refractivity contribution in [2.24, 2.45) is 5.73 Å². The quantitative estimate of drug-likeness (QED) is 0.853. The maximum atomic E-state index is 11.2. The molecule has 0 bridgehead atoms. The smallest absolute Gasteiger partial charge is 0.312 e. The molecule has 3 N–H and O–H groups in total. The second-order valence-corrected chi connectivity index (χ2v) is 5.53. The van der Waals surface area contributed by atoms with E-state index in [1.54, 1.807) is 23.3 Å². The average molecular weight is 301 g/mol. The number of carbonyl (C=O) groups is 1. The number of nitrogens with one attached hydrogen (secondary N) is 1. The van der Waals surface area contributed by atoms with Crippen molar-refractivity contribution in [3.8, 4) is 5.95 Å². The highest BCUT2D eigenvalue weighted by Gasteiger charge is 2.35. The van der Waals surface area contributed by atoms with Gasteiger partial charge in [0.05, 0.1) is 17.8 Å². The van der Waals surface area contributed by atoms with Crippen LogP contribution in [-0.2, 0) is 0 Å². The number of rotatable bonds is 3. The SMILES string of the molecule is Cc1cc(C2C(NC(N)=O)CCN2C)nc(-n2ccnc2)n1. The molecule has 2 atom stereocenters. The molecule has 0 spiro atoms. The normalized spacial score (nSPS) is 21.9. The molecule has 2 aromatic heterocycles. The molecule has 8 heteroatoms. The van der Waals surface area contributed by atoms with Crippen molar-refractivity contribution in [1.82, 2.24) is 29.7 Å². The van der Waals surface area contributed by atoms with Crippen LogP contribution < -0.4 is 11.1 Å². The van der Waals surface area contributed by atoms with E-state index in [9.17, 15) is 4.79 Å². The van der Waals surface area contributed by atoms with Crippen molar-refractivity contribution in [2.45, 2.75) is 25.4 Å². The van der Waals surface area contributed by atoms with Crippen LogP contribution in [0, 0.1) is 6.92 Å². The first kappa shape index (κ1) is 14.5. The summed E-state index contributed by atoms with van der Waals surface area (Å²) in [4.78, 5) is 26.5. The third-order valence-corrected chi connectivity index (χ3v) is 3.88. The van der Waals surface area contributed by atoms with Gasteiger partial charge in [-0.2, -0.15) is 0 Å². The second kappa shape index (κ2) is 5.72. The number of carbonyl (C=O) groups excluding carboxylic acids is 1. The summed E-state index contributed by atoms with van der Waals surface area (Å²) in [7, 11) is 2.02. The molecule has 3 rings (SSSR count). The van der Waals surface area contributed by atoms with Crippen LogP contribution in [0.25, 0.3) is 5.95 Å². The van der Waals surface area contributed by atoms with Crippen LogP contribution in [0.4, 0.5) is 4.79 Å². The summed E-state index contributed by atoms with van der Waals surface area (Å²) in [5.74, 6) is 0.575. The minimum Gasteiger partial charge on any atom is -0.352 e. The number of primary amides is 1. The molecule has 1 aliphatic heterocycles. The molecule has 0 aliphatic carbocycles. The van der Waals surface area contributed by atoms with Crippen molar-refractivity contribution in [1.29, 1.82) is 0 Å². The van der Waals surface area contributed by atoms with Crippen LogP contribution in [0.5, 0.6) is 0 Å². The van der Waals surface area contributed by atoms with E-state index in [2.05, 4.69) is 25.2 Å². The predicted molar refractivity (Wildman–Crippen MR) is 80.4 cm³/mol. The molecule has 0 aromatic carbocycles. The van der Waals surface area contributed by atoms with E-state index in [-0.39, 0.29) is 12.1 Å². The number of likely N-dealkylation sites (N-methyl/N-ethyl adjacent to an activating group) is 1. The van der Waals surface area contributed by atoms with Crippen molar-refractivity contribution in [2.75, 3.05) is 13.6 Å². The van der Waals surface area contributed by atoms with Gasteiger partial charge in [0.1, 0.15) is 6.33 Å². The van der Waals surface area contributed by atoms with Crippen molar-refractivity contribution in [3.05, 3.63) is 36.2 Å². The third kappa shape index (κ3) is 2.77. The van der Waals surface area contributed by atoms with Crippen LogP contribution in [0.15, 0.2) is 24.8 Å². The zero-order chi connectivity index (χ0) is 15.7. The molecule has 1 saturated heterocycles. The Morgan fingerprint density at radius 2 is 2.27 bits per heavy atom. The summed E-state index contributed by atoms with van der Waals surface area (Å²) in [6.45, 7) is 2.80. The monoisotopic (exact) mass is 301 g/mol. The number of urea groups is 1. The molecule has 116 valence electrons. The Bertz CT molecular complexity index is 670. The number of nitrogens with two attached hydrogens (primary N) is 1. The molecule has 1 fully saturated rings. The second-order valence-electron chi connectivity index (χ2n) is 5.53. The first-order valence-electron chi connectivity index (χ1n) is 7.14. The van der Waals surface area contributed by atoms with Crippen molar-refractivity contribution in [3.63, 3.8) is 0 Å². The van der Waals surface area contributed by atoms with E-state index in [1.807, 2.05) is 20.0 Å². The van der Waals surface area contributed by atoms with Crippen LogP contribution >= 0.6 is 0 Å². The fourth-order valence-corrected chi connectivity index (χ4v) is 2.93. The maximum absolute atomic E-state index is 11.2. The summed E-state index contributed by atoms with van der Waals surface area (Å²) in [5.41, 5.74) is 7.02. The molecule has 22 heavy (non-hydrogen) atoms. The highest BCUT2D eigenvalue weighted by atomic mass is 16.2. The van der Waals surface area contributed by atoms with E-state index >= 15 is 0 Å². The van der Waals surface area contributed by atoms with Gasteiger partial charge < -0.3 is 11.1 Å². The van der Waals surface area contributed by atoms with Gasteiger partial charge in [-0.1, -0.05) is 0 Å². The molecular formula is C14H19N7O. The van der Waals surface area contributed by atoms with Gasteiger partial charge in [-0.25, -0.2) is 19.7 Å². The first-order valence-corrected chi connectivity index (χ1v) is 7.14. The van der Waals surface area contributed by atoms with Gasteiger partial charge in [0.15, 0.2) is 0 Å². The van der Waals surface area contributed by atoms with Gasteiger partial charge in [0.25, 0.3) is 0 Å². The number of hydrogen-bond donors (Lipinski definition) is 2. The van der Waals surface area contributed by atoms with Crippen LogP contribution in [0.3, 0.4) is 0 Å². The molecule has 0 radical (unpaired) electrons. The molecule has 0 saturated carbocycles. The fourth-order valence-electron chi connectivity index (χ4n) is 2.93. The van der Waals surface area contributed by atoms with E-state index in [1.165, 1.54) is 0 Å². The maximum Gasteiger partial charge on any atom is 0.312 e. The number of aryl methyl sites for hydroxylation is 1. The first-order chi connectivity index (χ1) is 10.5. The fraction of sp³-hybridized carbons (Fsp3) is 0.429. The summed E-state index contributed by atoms with van der Waals surface area (Å²) in [6.07, 6.45) is 5.99. The standard InChI is InChI=1S/C14H19N7O/c1-9-7-11(19-14(17-9)21-6-4-16-8-21)12-10(18-13(15)22)3-5-20(12)2/h4,6-8,10,12H,3,5H2,1-2H3,(H3,15,18,22). The molecule has 1 aliphatic rings. The number of nitrogens with zero attached hydrogens (tertiary/aromatic N) is 5. The minimum atomic E-state index is -0.508. The summed E-state index contributed by atoms with van der Waals surface area (Å²) in [5, 5.41) is 2.81. The lowest BCUT2D eigenvalue weighted by atomic mass is 10.1. The number of aromatic nitrogens is 4. The van der Waals surface area contributed by atoms with Crippen LogP contribution in [-0.4, -0.2) is 50.1 Å². The van der Waals surface area contributed by atoms with E-state index in [0.717, 1.165) is 24.4 Å². The third-order valence-electron chi connectivity index (χ3n) is 3.88. The topological polar surface area (TPSA) is 102 Å². The van der Waals surface area contributed by atoms with Crippen molar-refractivity contribution >= 4 is 6.03 Å². The van der Waals surface area contributed by atoms with Gasteiger partial charge in [0.2, 0.25) is 5.95 Å². The lowest BCUT2D eigenvalue weighted by Gasteiger charge is -2.25. The zero-order valence-electron chi connectivity index (χ0n) is 12.6. The molecule has 3 heterocycles. The van der Waals surface area contributed by atoms with Gasteiger partial charge in [-0.05, 0) is 26.5 Å². The average Bonchev–Trinajstić information content (AvgIpc) is 3.08. The Kier molecular flexibility index (Phi) is 3.76. The van der Waals surface area contributed by atoms with Gasteiger partial charge >= 0.3 is 6.03 Å². The van der Waals surface area contributed by atoms with Gasteiger partial charge in [-0.3, -0.25) is 9.47 Å². The van der Waals surface area contributed by atoms with Gasteiger partial charge in [0, 0.05) is 24.6 Å².